The molecule has 0 heterocycles. The van der Waals surface area contributed by atoms with E-state index in [-0.39, 0.29) is 29.3 Å². The Labute approximate surface area is 215 Å². The van der Waals surface area contributed by atoms with Gasteiger partial charge in [0.05, 0.1) is 23.7 Å². The van der Waals surface area contributed by atoms with Crippen LogP contribution in [0.25, 0.3) is 0 Å². The average Bonchev–Trinajstić information content (AvgIpc) is 2.82. The molecular formula is C29H36N2O4S. The first-order valence-corrected chi connectivity index (χ1v) is 13.5. The average molecular weight is 509 g/mol. The minimum Gasteiger partial charge on any atom is -0.496 e. The topological polar surface area (TPSA) is 75.7 Å². The molecule has 0 fully saturated rings. The van der Waals surface area contributed by atoms with Crippen LogP contribution in [-0.2, 0) is 14.8 Å². The molecule has 0 radical (unpaired) electrons. The molecule has 1 N–H and O–H groups in total. The number of aryl methyl sites for hydroxylation is 3. The molecular weight excluding hydrogens is 472 g/mol. The van der Waals surface area contributed by atoms with Gasteiger partial charge >= 0.3 is 0 Å². The van der Waals surface area contributed by atoms with Crippen LogP contribution in [-0.4, -0.2) is 28.0 Å². The van der Waals surface area contributed by atoms with Gasteiger partial charge in [0, 0.05) is 0 Å². The summed E-state index contributed by atoms with van der Waals surface area (Å²) < 4.78 is 34.0. The fraction of sp³-hybridized carbons (Fsp3) is 0.345. The summed E-state index contributed by atoms with van der Waals surface area (Å²) >= 11 is 0. The van der Waals surface area contributed by atoms with Gasteiger partial charge in [0.25, 0.3) is 10.0 Å². The number of carbonyl (C=O) groups is 1. The maximum Gasteiger partial charge on any atom is 0.264 e. The number of carbonyl (C=O) groups excluding carboxylic acids is 1. The highest BCUT2D eigenvalue weighted by Gasteiger charge is 2.29. The maximum atomic E-state index is 13.6. The lowest BCUT2D eigenvalue weighted by Gasteiger charge is -2.27. The predicted octanol–water partition coefficient (Wildman–Crippen LogP) is 5.82. The number of ether oxygens (including phenoxy) is 1. The number of hydrogen-bond acceptors (Lipinski definition) is 4. The molecule has 0 aliphatic carbocycles. The van der Waals surface area contributed by atoms with Crippen LogP contribution in [0.1, 0.15) is 60.5 Å². The summed E-state index contributed by atoms with van der Waals surface area (Å²) in [6.45, 7) is 11.5. The Morgan fingerprint density at radius 1 is 0.917 bits per heavy atom. The zero-order chi connectivity index (χ0) is 26.6. The van der Waals surface area contributed by atoms with Crippen LogP contribution in [0, 0.1) is 20.8 Å². The van der Waals surface area contributed by atoms with E-state index in [9.17, 15) is 13.2 Å². The number of nitrogens with one attached hydrogen (secondary N) is 1. The van der Waals surface area contributed by atoms with Gasteiger partial charge in [-0.15, -0.1) is 0 Å². The largest absolute Gasteiger partial charge is 0.496 e. The lowest BCUT2D eigenvalue weighted by Crippen LogP contribution is -2.42. The first kappa shape index (κ1) is 27.3. The van der Waals surface area contributed by atoms with Crippen LogP contribution in [0.5, 0.6) is 5.75 Å². The van der Waals surface area contributed by atoms with Gasteiger partial charge < -0.3 is 10.1 Å². The second-order valence-electron chi connectivity index (χ2n) is 9.51. The van der Waals surface area contributed by atoms with Crippen molar-refractivity contribution in [1.29, 1.82) is 0 Å². The Balaban J connectivity index is 1.94. The summed E-state index contributed by atoms with van der Waals surface area (Å²) in [5, 5.41) is 3.01. The van der Waals surface area contributed by atoms with E-state index >= 15 is 0 Å². The van der Waals surface area contributed by atoms with Crippen LogP contribution in [0.4, 0.5) is 5.69 Å². The molecule has 0 bridgehead atoms. The molecule has 0 aliphatic rings. The van der Waals surface area contributed by atoms with Gasteiger partial charge in [-0.25, -0.2) is 8.42 Å². The van der Waals surface area contributed by atoms with Gasteiger partial charge in [0.15, 0.2) is 0 Å². The molecule has 36 heavy (non-hydrogen) atoms. The third-order valence-corrected chi connectivity index (χ3v) is 8.10. The Morgan fingerprint density at radius 2 is 1.58 bits per heavy atom. The van der Waals surface area contributed by atoms with Crippen molar-refractivity contribution in [3.63, 3.8) is 0 Å². The number of methoxy groups -OCH3 is 1. The van der Waals surface area contributed by atoms with Gasteiger partial charge in [-0.2, -0.15) is 0 Å². The lowest BCUT2D eigenvalue weighted by molar-refractivity contribution is -0.120. The van der Waals surface area contributed by atoms with Gasteiger partial charge in [0.1, 0.15) is 12.3 Å². The molecule has 7 heteroatoms. The van der Waals surface area contributed by atoms with Crippen molar-refractivity contribution < 1.29 is 17.9 Å². The molecule has 192 valence electrons. The summed E-state index contributed by atoms with van der Waals surface area (Å²) in [5.41, 5.74) is 5.30. The van der Waals surface area contributed by atoms with Crippen molar-refractivity contribution in [3.8, 4) is 5.75 Å². The Bertz CT molecular complexity index is 1330. The van der Waals surface area contributed by atoms with Crippen molar-refractivity contribution in [1.82, 2.24) is 5.32 Å². The van der Waals surface area contributed by atoms with Crippen LogP contribution >= 0.6 is 0 Å². The monoisotopic (exact) mass is 508 g/mol. The fourth-order valence-electron chi connectivity index (χ4n) is 4.41. The zero-order valence-electron chi connectivity index (χ0n) is 22.1. The highest BCUT2D eigenvalue weighted by atomic mass is 32.2. The molecule has 0 aromatic heterocycles. The zero-order valence-corrected chi connectivity index (χ0v) is 22.9. The molecule has 1 atom stereocenters. The summed E-state index contributed by atoms with van der Waals surface area (Å²) in [7, 11) is -2.31. The lowest BCUT2D eigenvalue weighted by atomic mass is 9.93. The third-order valence-electron chi connectivity index (χ3n) is 6.32. The highest BCUT2D eigenvalue weighted by molar-refractivity contribution is 7.92. The first-order valence-electron chi connectivity index (χ1n) is 12.1. The van der Waals surface area contributed by atoms with Crippen LogP contribution in [0.15, 0.2) is 65.6 Å². The number of sulfonamides is 1. The van der Waals surface area contributed by atoms with E-state index in [1.165, 1.54) is 4.31 Å². The number of anilines is 1. The summed E-state index contributed by atoms with van der Waals surface area (Å²) in [4.78, 5) is 13.4. The summed E-state index contributed by atoms with van der Waals surface area (Å²) in [6, 6.07) is 17.4. The molecule has 3 aromatic carbocycles. The smallest absolute Gasteiger partial charge is 0.264 e. The van der Waals surface area contributed by atoms with E-state index in [1.807, 2.05) is 45.9 Å². The molecule has 0 saturated heterocycles. The van der Waals surface area contributed by atoms with E-state index in [0.29, 0.717) is 5.69 Å². The molecule has 3 rings (SSSR count). The standard InChI is InChI=1S/C29H36N2O4S/c1-19(2)25-17-26(21(4)16-28(25)35-7)23(6)30-29(32)18-31(27-14-13-20(3)15-22(27)5)36(33,34)24-11-9-8-10-12-24/h8-17,19,23H,18H2,1-7H3,(H,30,32). The Morgan fingerprint density at radius 3 is 2.17 bits per heavy atom. The van der Waals surface area contributed by atoms with Crippen molar-refractivity contribution >= 4 is 21.6 Å². The number of hydrogen-bond donors (Lipinski definition) is 1. The van der Waals surface area contributed by atoms with Crippen LogP contribution in [0.3, 0.4) is 0 Å². The molecule has 1 unspecified atom stereocenters. The highest BCUT2D eigenvalue weighted by Crippen LogP contribution is 2.32. The summed E-state index contributed by atoms with van der Waals surface area (Å²) in [6.07, 6.45) is 0. The molecule has 0 saturated carbocycles. The normalized spacial score (nSPS) is 12.3. The minimum absolute atomic E-state index is 0.137. The SMILES string of the molecule is COc1cc(C)c(C(C)NC(=O)CN(c2ccc(C)cc2C)S(=O)(=O)c2ccccc2)cc1C(C)C. The van der Waals surface area contributed by atoms with Crippen molar-refractivity contribution in [3.05, 3.63) is 88.5 Å². The molecule has 6 nitrogen and oxygen atoms in total. The number of benzene rings is 3. The predicted molar refractivity (Wildman–Crippen MR) is 145 cm³/mol. The van der Waals surface area contributed by atoms with Crippen molar-refractivity contribution in [2.45, 2.75) is 58.4 Å². The Kier molecular flexibility index (Phi) is 8.46. The third kappa shape index (κ3) is 5.90. The summed E-state index contributed by atoms with van der Waals surface area (Å²) in [5.74, 6) is 0.682. The van der Waals surface area contributed by atoms with E-state index in [4.69, 9.17) is 4.74 Å². The van der Waals surface area contributed by atoms with Gasteiger partial charge in [0.2, 0.25) is 5.91 Å². The van der Waals surface area contributed by atoms with Gasteiger partial charge in [-0.05, 0) is 86.2 Å². The molecule has 0 aliphatic heterocycles. The Hall–Kier alpha value is -3.32. The number of rotatable bonds is 9. The minimum atomic E-state index is -3.96. The van der Waals surface area contributed by atoms with E-state index in [1.54, 1.807) is 43.5 Å². The fourth-order valence-corrected chi connectivity index (χ4v) is 5.92. The van der Waals surface area contributed by atoms with E-state index in [0.717, 1.165) is 33.6 Å². The van der Waals surface area contributed by atoms with Crippen LogP contribution < -0.4 is 14.4 Å². The second-order valence-corrected chi connectivity index (χ2v) is 11.4. The number of amides is 1. The maximum absolute atomic E-state index is 13.6. The molecule has 3 aromatic rings. The van der Waals surface area contributed by atoms with E-state index in [2.05, 4.69) is 25.2 Å². The van der Waals surface area contributed by atoms with Crippen molar-refractivity contribution in [2.75, 3.05) is 18.0 Å². The van der Waals surface area contributed by atoms with Crippen LogP contribution in [0.2, 0.25) is 0 Å². The first-order chi connectivity index (χ1) is 16.9. The second kappa shape index (κ2) is 11.2. The van der Waals surface area contributed by atoms with E-state index < -0.39 is 10.0 Å². The van der Waals surface area contributed by atoms with Gasteiger partial charge in [-0.3, -0.25) is 9.10 Å². The molecule has 1 amide bonds. The quantitative estimate of drug-likeness (QED) is 0.395. The molecule has 0 spiro atoms. The number of nitrogens with zero attached hydrogens (tertiary/aromatic N) is 1. The van der Waals surface area contributed by atoms with Gasteiger partial charge in [-0.1, -0.05) is 49.7 Å². The van der Waals surface area contributed by atoms with Crippen molar-refractivity contribution in [2.24, 2.45) is 0 Å².